The highest BCUT2D eigenvalue weighted by Gasteiger charge is 2.48. The van der Waals surface area contributed by atoms with Crippen LogP contribution < -0.4 is 5.32 Å². The maximum Gasteiger partial charge on any atom is 0.200 e. The van der Waals surface area contributed by atoms with Crippen LogP contribution in [0.5, 0.6) is 0 Å². The summed E-state index contributed by atoms with van der Waals surface area (Å²) in [4.78, 5) is 16.4. The minimum Gasteiger partial charge on any atom is -0.363 e. The molecule has 0 bridgehead atoms. The fourth-order valence-corrected chi connectivity index (χ4v) is 3.33. The lowest BCUT2D eigenvalue weighted by molar-refractivity contribution is 0.0939. The van der Waals surface area contributed by atoms with Crippen LogP contribution in [-0.2, 0) is 5.54 Å². The Hall–Kier alpha value is -2.33. The third-order valence-electron chi connectivity index (χ3n) is 4.11. The molecular weight excluding hydrogens is 340 g/mol. The summed E-state index contributed by atoms with van der Waals surface area (Å²) in [5.41, 5.74) is 2.45. The van der Waals surface area contributed by atoms with Gasteiger partial charge in [-0.25, -0.2) is 0 Å². The van der Waals surface area contributed by atoms with Gasteiger partial charge in [0.1, 0.15) is 0 Å². The number of ketones is 1. The van der Waals surface area contributed by atoms with Crippen molar-refractivity contribution in [3.63, 3.8) is 0 Å². The number of hydrogen-bond donors (Lipinski definition) is 2. The number of anilines is 1. The van der Waals surface area contributed by atoms with Crippen LogP contribution in [0.1, 0.15) is 21.6 Å². The smallest absolute Gasteiger partial charge is 0.200 e. The number of halogens is 1. The standard InChI is InChI=1S/C18H13BrN2O/c19-13-9-7-12(8-10-13)18(16-6-3-11-20-16)17(22)14-4-1-2-5-15(14)21-18/h1-11,20-21H/t18-/m1/s1. The number of benzene rings is 2. The second-order valence-electron chi connectivity index (χ2n) is 5.34. The van der Waals surface area contributed by atoms with E-state index in [1.165, 1.54) is 0 Å². The second kappa shape index (κ2) is 4.85. The largest absolute Gasteiger partial charge is 0.363 e. The molecule has 0 amide bonds. The zero-order valence-electron chi connectivity index (χ0n) is 11.6. The van der Waals surface area contributed by atoms with E-state index in [2.05, 4.69) is 26.2 Å². The van der Waals surface area contributed by atoms with Gasteiger partial charge in [-0.05, 0) is 42.0 Å². The zero-order valence-corrected chi connectivity index (χ0v) is 13.2. The van der Waals surface area contributed by atoms with E-state index in [0.29, 0.717) is 0 Å². The molecule has 0 fully saturated rings. The molecule has 0 saturated carbocycles. The summed E-state index contributed by atoms with van der Waals surface area (Å²) < 4.78 is 0.987. The molecule has 4 heteroatoms. The molecule has 22 heavy (non-hydrogen) atoms. The fourth-order valence-electron chi connectivity index (χ4n) is 3.06. The minimum absolute atomic E-state index is 0.0628. The lowest BCUT2D eigenvalue weighted by Gasteiger charge is -2.28. The van der Waals surface area contributed by atoms with Crippen molar-refractivity contribution in [2.75, 3.05) is 5.32 Å². The predicted octanol–water partition coefficient (Wildman–Crippen LogP) is 4.33. The van der Waals surface area contributed by atoms with Crippen molar-refractivity contribution in [1.82, 2.24) is 4.98 Å². The normalized spacial score (nSPS) is 19.8. The molecule has 2 N–H and O–H groups in total. The molecule has 0 spiro atoms. The zero-order chi connectivity index (χ0) is 15.2. The molecule has 0 radical (unpaired) electrons. The molecule has 1 aliphatic heterocycles. The minimum atomic E-state index is -0.895. The Morgan fingerprint density at radius 1 is 0.909 bits per heavy atom. The molecule has 0 unspecified atom stereocenters. The van der Waals surface area contributed by atoms with Gasteiger partial charge in [-0.15, -0.1) is 0 Å². The molecule has 1 atom stereocenters. The first kappa shape index (κ1) is 13.3. The first-order chi connectivity index (χ1) is 10.7. The van der Waals surface area contributed by atoms with Gasteiger partial charge in [0.25, 0.3) is 0 Å². The molecule has 0 aliphatic carbocycles. The number of rotatable bonds is 2. The second-order valence-corrected chi connectivity index (χ2v) is 6.26. The molecule has 108 valence electrons. The molecular formula is C18H13BrN2O. The van der Waals surface area contributed by atoms with E-state index in [1.54, 1.807) is 0 Å². The van der Waals surface area contributed by atoms with Crippen molar-refractivity contribution in [1.29, 1.82) is 0 Å². The number of carbonyl (C=O) groups is 1. The van der Waals surface area contributed by atoms with Crippen LogP contribution in [0.25, 0.3) is 0 Å². The van der Waals surface area contributed by atoms with Gasteiger partial charge in [0.05, 0.1) is 5.69 Å². The van der Waals surface area contributed by atoms with Crippen molar-refractivity contribution in [3.8, 4) is 0 Å². The third kappa shape index (κ3) is 1.77. The summed E-state index contributed by atoms with van der Waals surface area (Å²) >= 11 is 3.45. The topological polar surface area (TPSA) is 44.9 Å². The number of aromatic nitrogens is 1. The van der Waals surface area contributed by atoms with Gasteiger partial charge >= 0.3 is 0 Å². The molecule has 2 heterocycles. The maximum atomic E-state index is 13.2. The van der Waals surface area contributed by atoms with Gasteiger partial charge in [-0.2, -0.15) is 0 Å². The number of aromatic amines is 1. The van der Waals surface area contributed by atoms with Crippen LogP contribution in [0.3, 0.4) is 0 Å². The van der Waals surface area contributed by atoms with Crippen molar-refractivity contribution < 1.29 is 4.79 Å². The van der Waals surface area contributed by atoms with E-state index in [9.17, 15) is 4.79 Å². The number of nitrogens with one attached hydrogen (secondary N) is 2. The highest BCUT2D eigenvalue weighted by Crippen LogP contribution is 2.43. The summed E-state index contributed by atoms with van der Waals surface area (Å²) in [7, 11) is 0. The SMILES string of the molecule is O=C1c2ccccc2N[C@]1(c1ccc(Br)cc1)c1ccc[nH]1. The monoisotopic (exact) mass is 352 g/mol. The van der Waals surface area contributed by atoms with Crippen molar-refractivity contribution >= 4 is 27.4 Å². The van der Waals surface area contributed by atoms with Gasteiger partial charge in [0, 0.05) is 21.9 Å². The van der Waals surface area contributed by atoms with Crippen molar-refractivity contribution in [2.24, 2.45) is 0 Å². The quantitative estimate of drug-likeness (QED) is 0.720. The van der Waals surface area contributed by atoms with Crippen LogP contribution in [0.4, 0.5) is 5.69 Å². The molecule has 4 rings (SSSR count). The van der Waals surface area contributed by atoms with Gasteiger partial charge in [-0.1, -0.05) is 40.2 Å². The van der Waals surface area contributed by atoms with E-state index in [4.69, 9.17) is 0 Å². The number of hydrogen-bond acceptors (Lipinski definition) is 2. The first-order valence-electron chi connectivity index (χ1n) is 7.04. The van der Waals surface area contributed by atoms with Crippen LogP contribution >= 0.6 is 15.9 Å². The average Bonchev–Trinajstić information content (AvgIpc) is 3.16. The third-order valence-corrected chi connectivity index (χ3v) is 4.64. The summed E-state index contributed by atoms with van der Waals surface area (Å²) in [5.74, 6) is 0.0628. The van der Waals surface area contributed by atoms with Gasteiger partial charge < -0.3 is 10.3 Å². The Bertz CT molecular complexity index is 840. The van der Waals surface area contributed by atoms with Crippen molar-refractivity contribution in [3.05, 3.63) is 88.2 Å². The number of Topliss-reactive ketones (excluding diaryl/α,β-unsaturated/α-hetero) is 1. The predicted molar refractivity (Wildman–Crippen MR) is 90.1 cm³/mol. The number of fused-ring (bicyclic) bond motifs is 1. The van der Waals surface area contributed by atoms with Gasteiger partial charge in [-0.3, -0.25) is 4.79 Å². The van der Waals surface area contributed by atoms with E-state index < -0.39 is 5.54 Å². The molecule has 3 nitrogen and oxygen atoms in total. The van der Waals surface area contributed by atoms with Gasteiger partial charge in [0.15, 0.2) is 5.54 Å². The van der Waals surface area contributed by atoms with E-state index in [1.807, 2.05) is 66.9 Å². The van der Waals surface area contributed by atoms with Crippen LogP contribution in [0.15, 0.2) is 71.3 Å². The lowest BCUT2D eigenvalue weighted by Crippen LogP contribution is -2.40. The summed E-state index contributed by atoms with van der Waals surface area (Å²) in [6.07, 6.45) is 1.84. The molecule has 1 aliphatic rings. The lowest BCUT2D eigenvalue weighted by atomic mass is 9.83. The summed E-state index contributed by atoms with van der Waals surface area (Å²) in [6, 6.07) is 19.4. The number of para-hydroxylation sites is 1. The molecule has 0 saturated heterocycles. The highest BCUT2D eigenvalue weighted by molar-refractivity contribution is 9.10. The number of carbonyl (C=O) groups excluding carboxylic acids is 1. The Kier molecular flexibility index (Phi) is 2.94. The Labute approximate surface area is 136 Å². The Balaban J connectivity index is 1.97. The van der Waals surface area contributed by atoms with E-state index in [0.717, 1.165) is 27.0 Å². The van der Waals surface area contributed by atoms with E-state index >= 15 is 0 Å². The molecule has 3 aromatic rings. The van der Waals surface area contributed by atoms with Crippen LogP contribution in [-0.4, -0.2) is 10.8 Å². The first-order valence-corrected chi connectivity index (χ1v) is 7.83. The van der Waals surface area contributed by atoms with Crippen molar-refractivity contribution in [2.45, 2.75) is 5.54 Å². The Morgan fingerprint density at radius 2 is 1.68 bits per heavy atom. The molecule has 2 aromatic carbocycles. The van der Waals surface area contributed by atoms with Crippen LogP contribution in [0.2, 0.25) is 0 Å². The van der Waals surface area contributed by atoms with Crippen LogP contribution in [0, 0.1) is 0 Å². The molecule has 1 aromatic heterocycles. The highest BCUT2D eigenvalue weighted by atomic mass is 79.9. The fraction of sp³-hybridized carbons (Fsp3) is 0.0556. The van der Waals surface area contributed by atoms with E-state index in [-0.39, 0.29) is 5.78 Å². The van der Waals surface area contributed by atoms with Gasteiger partial charge in [0.2, 0.25) is 5.78 Å². The summed E-state index contributed by atoms with van der Waals surface area (Å²) in [5, 5.41) is 3.44. The maximum absolute atomic E-state index is 13.2. The Morgan fingerprint density at radius 3 is 2.36 bits per heavy atom. The number of H-pyrrole nitrogens is 1. The average molecular weight is 353 g/mol. The summed E-state index contributed by atoms with van der Waals surface area (Å²) in [6.45, 7) is 0.